The van der Waals surface area contributed by atoms with E-state index in [9.17, 15) is 14.4 Å². The van der Waals surface area contributed by atoms with Gasteiger partial charge in [0.25, 0.3) is 0 Å². The van der Waals surface area contributed by atoms with Gasteiger partial charge in [-0.25, -0.2) is 9.78 Å². The van der Waals surface area contributed by atoms with Crippen molar-refractivity contribution < 1.29 is 23.5 Å². The lowest BCUT2D eigenvalue weighted by molar-refractivity contribution is -0.145. The second-order valence-electron chi connectivity index (χ2n) is 6.34. The number of aryl methyl sites for hydroxylation is 1. The summed E-state index contributed by atoms with van der Waals surface area (Å²) in [4.78, 5) is 39.6. The Labute approximate surface area is 170 Å². The van der Waals surface area contributed by atoms with Gasteiger partial charge in [-0.05, 0) is 31.0 Å². The molecule has 0 atom stereocenters. The lowest BCUT2D eigenvalue weighted by Crippen LogP contribution is -2.14. The van der Waals surface area contributed by atoms with Gasteiger partial charge in [0.05, 0.1) is 12.8 Å². The summed E-state index contributed by atoms with van der Waals surface area (Å²) >= 11 is 1.25. The first-order valence-electron chi connectivity index (χ1n) is 8.85. The molecule has 1 N–H and O–H groups in total. The van der Waals surface area contributed by atoms with Crippen LogP contribution in [-0.2, 0) is 27.4 Å². The number of aromatic nitrogens is 1. The molecular weight excluding hydrogens is 396 g/mol. The van der Waals surface area contributed by atoms with Crippen LogP contribution in [0.5, 0.6) is 5.75 Å². The number of thiazole rings is 1. The topological polar surface area (TPSA) is 108 Å². The Morgan fingerprint density at radius 2 is 2.10 bits per heavy atom. The molecule has 2 heterocycles. The largest absolute Gasteiger partial charge is 0.497 e. The number of ether oxygens (including phenoxy) is 2. The molecule has 0 fully saturated rings. The lowest BCUT2D eigenvalue weighted by atomic mass is 10.0. The molecule has 1 aromatic carbocycles. The zero-order valence-electron chi connectivity index (χ0n) is 16.2. The fourth-order valence-electron chi connectivity index (χ4n) is 2.83. The summed E-state index contributed by atoms with van der Waals surface area (Å²) in [6, 6.07) is 5.27. The monoisotopic (exact) mass is 416 g/mol. The number of rotatable bonds is 7. The van der Waals surface area contributed by atoms with E-state index in [-0.39, 0.29) is 25.4 Å². The highest BCUT2D eigenvalue weighted by molar-refractivity contribution is 7.13. The van der Waals surface area contributed by atoms with Crippen molar-refractivity contribution in [1.82, 2.24) is 4.98 Å². The third-order valence-electron chi connectivity index (χ3n) is 4.29. The van der Waals surface area contributed by atoms with E-state index in [0.29, 0.717) is 27.7 Å². The van der Waals surface area contributed by atoms with Crippen LogP contribution in [0.1, 0.15) is 30.2 Å². The number of methoxy groups -OCH3 is 1. The molecule has 3 aromatic rings. The molecule has 0 spiro atoms. The SMILES string of the molecule is COc1ccc2c(C)c(CCC(=O)OCc3csc(NC(C)=O)n3)c(=O)oc2c1. The van der Waals surface area contributed by atoms with E-state index in [1.807, 2.05) is 13.0 Å². The second-order valence-corrected chi connectivity index (χ2v) is 7.20. The first kappa shape index (κ1) is 20.5. The molecule has 0 saturated heterocycles. The molecule has 8 nitrogen and oxygen atoms in total. The summed E-state index contributed by atoms with van der Waals surface area (Å²) in [7, 11) is 1.54. The Kier molecular flexibility index (Phi) is 6.28. The first-order valence-corrected chi connectivity index (χ1v) is 9.73. The van der Waals surface area contributed by atoms with E-state index in [1.165, 1.54) is 18.3 Å². The van der Waals surface area contributed by atoms with E-state index in [1.54, 1.807) is 24.6 Å². The number of esters is 1. The Morgan fingerprint density at radius 1 is 1.31 bits per heavy atom. The van der Waals surface area contributed by atoms with Gasteiger partial charge >= 0.3 is 11.6 Å². The third-order valence-corrected chi connectivity index (χ3v) is 5.10. The van der Waals surface area contributed by atoms with E-state index in [2.05, 4.69) is 10.3 Å². The average molecular weight is 416 g/mol. The van der Waals surface area contributed by atoms with Gasteiger partial charge in [0.2, 0.25) is 5.91 Å². The van der Waals surface area contributed by atoms with Gasteiger partial charge in [-0.15, -0.1) is 11.3 Å². The highest BCUT2D eigenvalue weighted by atomic mass is 32.1. The second kappa shape index (κ2) is 8.87. The van der Waals surface area contributed by atoms with Crippen LogP contribution >= 0.6 is 11.3 Å². The number of benzene rings is 1. The molecule has 3 rings (SSSR count). The Bertz CT molecular complexity index is 1120. The molecule has 9 heteroatoms. The quantitative estimate of drug-likeness (QED) is 0.465. The predicted molar refractivity (Wildman–Crippen MR) is 108 cm³/mol. The Hall–Kier alpha value is -3.20. The molecule has 152 valence electrons. The maximum Gasteiger partial charge on any atom is 0.339 e. The smallest absolute Gasteiger partial charge is 0.339 e. The minimum absolute atomic E-state index is 0.0000221. The zero-order chi connectivity index (χ0) is 21.0. The fourth-order valence-corrected chi connectivity index (χ4v) is 3.57. The molecule has 0 bridgehead atoms. The van der Waals surface area contributed by atoms with Crippen molar-refractivity contribution >= 4 is 39.3 Å². The van der Waals surface area contributed by atoms with Crippen LogP contribution in [0.3, 0.4) is 0 Å². The molecule has 0 radical (unpaired) electrons. The molecule has 0 saturated carbocycles. The standard InChI is InChI=1S/C20H20N2O6S/c1-11-15-5-4-14(26-3)8-17(15)28-19(25)16(11)6-7-18(24)27-9-13-10-29-20(22-13)21-12(2)23/h4-5,8,10H,6-7,9H2,1-3H3,(H,21,22,23). The molecule has 2 aromatic heterocycles. The summed E-state index contributed by atoms with van der Waals surface area (Å²) in [5, 5.41) is 5.51. The fraction of sp³-hybridized carbons (Fsp3) is 0.300. The first-order chi connectivity index (χ1) is 13.9. The molecule has 1 amide bonds. The van der Waals surface area contributed by atoms with Crippen molar-refractivity contribution in [1.29, 1.82) is 0 Å². The van der Waals surface area contributed by atoms with Crippen LogP contribution in [0.25, 0.3) is 11.0 Å². The van der Waals surface area contributed by atoms with Crippen LogP contribution in [0.2, 0.25) is 0 Å². The van der Waals surface area contributed by atoms with Crippen molar-refractivity contribution in [2.24, 2.45) is 0 Å². The number of carbonyl (C=O) groups is 2. The van der Waals surface area contributed by atoms with Crippen molar-refractivity contribution in [3.8, 4) is 5.75 Å². The van der Waals surface area contributed by atoms with Crippen molar-refractivity contribution in [3.63, 3.8) is 0 Å². The van der Waals surface area contributed by atoms with Gasteiger partial charge in [0.1, 0.15) is 17.9 Å². The summed E-state index contributed by atoms with van der Waals surface area (Å²) in [5.41, 5.74) is 1.72. The molecule has 0 aliphatic heterocycles. The molecule has 0 unspecified atom stereocenters. The number of fused-ring (bicyclic) bond motifs is 1. The van der Waals surface area contributed by atoms with Crippen molar-refractivity contribution in [2.45, 2.75) is 33.3 Å². The Balaban J connectivity index is 1.62. The van der Waals surface area contributed by atoms with Gasteiger partial charge in [0.15, 0.2) is 5.13 Å². The van der Waals surface area contributed by atoms with Gasteiger partial charge in [-0.1, -0.05) is 0 Å². The predicted octanol–water partition coefficient (Wildman–Crippen LogP) is 3.20. The van der Waals surface area contributed by atoms with E-state index < -0.39 is 11.6 Å². The summed E-state index contributed by atoms with van der Waals surface area (Å²) in [6.07, 6.45) is 0.249. The van der Waals surface area contributed by atoms with E-state index >= 15 is 0 Å². The maximum absolute atomic E-state index is 12.3. The molecule has 0 aliphatic carbocycles. The van der Waals surface area contributed by atoms with Crippen LogP contribution in [0.4, 0.5) is 5.13 Å². The number of anilines is 1. The van der Waals surface area contributed by atoms with Crippen LogP contribution < -0.4 is 15.7 Å². The van der Waals surface area contributed by atoms with Crippen molar-refractivity contribution in [2.75, 3.05) is 12.4 Å². The number of carbonyl (C=O) groups excluding carboxylic acids is 2. The highest BCUT2D eigenvalue weighted by Crippen LogP contribution is 2.24. The number of nitrogens with one attached hydrogen (secondary N) is 1. The molecule has 29 heavy (non-hydrogen) atoms. The number of amides is 1. The normalized spacial score (nSPS) is 10.7. The average Bonchev–Trinajstić information content (AvgIpc) is 3.12. The van der Waals surface area contributed by atoms with Crippen LogP contribution in [0, 0.1) is 6.92 Å². The van der Waals surface area contributed by atoms with Gasteiger partial charge in [-0.2, -0.15) is 0 Å². The minimum Gasteiger partial charge on any atom is -0.497 e. The van der Waals surface area contributed by atoms with Crippen LogP contribution in [0.15, 0.2) is 32.8 Å². The van der Waals surface area contributed by atoms with Gasteiger partial charge in [-0.3, -0.25) is 9.59 Å². The number of hydrogen-bond donors (Lipinski definition) is 1. The van der Waals surface area contributed by atoms with Crippen molar-refractivity contribution in [3.05, 3.63) is 50.8 Å². The van der Waals surface area contributed by atoms with Gasteiger partial charge < -0.3 is 19.2 Å². The number of hydrogen-bond acceptors (Lipinski definition) is 8. The summed E-state index contributed by atoms with van der Waals surface area (Å²) in [5.74, 6) is -0.0706. The maximum atomic E-state index is 12.3. The minimum atomic E-state index is -0.476. The van der Waals surface area contributed by atoms with Gasteiger partial charge in [0, 0.05) is 35.7 Å². The highest BCUT2D eigenvalue weighted by Gasteiger charge is 2.15. The molecular formula is C20H20N2O6S. The molecule has 0 aliphatic rings. The van der Waals surface area contributed by atoms with E-state index in [4.69, 9.17) is 13.9 Å². The summed E-state index contributed by atoms with van der Waals surface area (Å²) in [6.45, 7) is 3.22. The lowest BCUT2D eigenvalue weighted by Gasteiger charge is -2.09. The zero-order valence-corrected chi connectivity index (χ0v) is 17.1. The number of nitrogens with zero attached hydrogens (tertiary/aromatic N) is 1. The van der Waals surface area contributed by atoms with Crippen LogP contribution in [-0.4, -0.2) is 24.0 Å². The van der Waals surface area contributed by atoms with E-state index in [0.717, 1.165) is 10.9 Å². The third kappa shape index (κ3) is 5.00. The summed E-state index contributed by atoms with van der Waals surface area (Å²) < 4.78 is 15.7. The Morgan fingerprint density at radius 3 is 2.83 bits per heavy atom.